The Bertz CT molecular complexity index is 887. The minimum atomic E-state index is 0.102. The number of anilines is 1. The highest BCUT2D eigenvalue weighted by atomic mass is 16.5. The second-order valence-corrected chi connectivity index (χ2v) is 6.02. The number of hydrogen-bond donors (Lipinski definition) is 2. The van der Waals surface area contributed by atoms with Gasteiger partial charge in [-0.25, -0.2) is 4.98 Å². The number of nitrogens with zero attached hydrogens (tertiary/aromatic N) is 3. The zero-order valence-electron chi connectivity index (χ0n) is 14.0. The molecule has 1 aliphatic heterocycles. The molecule has 25 heavy (non-hydrogen) atoms. The van der Waals surface area contributed by atoms with Crippen LogP contribution < -0.4 is 10.1 Å². The number of phenols is 1. The van der Waals surface area contributed by atoms with Crippen molar-refractivity contribution < 1.29 is 14.6 Å². The summed E-state index contributed by atoms with van der Waals surface area (Å²) in [5, 5.41) is 13.3. The summed E-state index contributed by atoms with van der Waals surface area (Å²) in [6.45, 7) is 1.55. The van der Waals surface area contributed by atoms with Gasteiger partial charge in [0.05, 0.1) is 19.4 Å². The maximum atomic E-state index is 9.85. The molecule has 1 aromatic carbocycles. The Morgan fingerprint density at radius 2 is 2.36 bits per heavy atom. The number of methoxy groups -OCH3 is 1. The van der Waals surface area contributed by atoms with Crippen LogP contribution in [0.15, 0.2) is 36.8 Å². The van der Waals surface area contributed by atoms with Crippen molar-refractivity contribution in [3.05, 3.63) is 36.8 Å². The summed E-state index contributed by atoms with van der Waals surface area (Å²) < 4.78 is 12.9. The molecule has 7 nitrogen and oxygen atoms in total. The SMILES string of the molecule is COc1cc(-c2nc3cnccn3c2NCC2CCCO2)ccc1O. The van der Waals surface area contributed by atoms with Crippen LogP contribution in [0.25, 0.3) is 16.9 Å². The van der Waals surface area contributed by atoms with E-state index < -0.39 is 0 Å². The van der Waals surface area contributed by atoms with Gasteiger partial charge in [-0.2, -0.15) is 0 Å². The van der Waals surface area contributed by atoms with Gasteiger partial charge in [0, 0.05) is 31.1 Å². The lowest BCUT2D eigenvalue weighted by molar-refractivity contribution is 0.120. The van der Waals surface area contributed by atoms with E-state index in [1.54, 1.807) is 24.5 Å². The van der Waals surface area contributed by atoms with Crippen molar-refractivity contribution in [1.82, 2.24) is 14.4 Å². The van der Waals surface area contributed by atoms with Crippen LogP contribution in [-0.4, -0.2) is 45.8 Å². The van der Waals surface area contributed by atoms with Crippen molar-refractivity contribution >= 4 is 11.5 Å². The van der Waals surface area contributed by atoms with Crippen molar-refractivity contribution in [2.75, 3.05) is 25.6 Å². The number of hydrogen-bond acceptors (Lipinski definition) is 6. The molecule has 1 atom stereocenters. The number of phenolic OH excluding ortho intramolecular Hbond substituents is 1. The lowest BCUT2D eigenvalue weighted by Gasteiger charge is -2.13. The molecule has 1 fully saturated rings. The van der Waals surface area contributed by atoms with Crippen LogP contribution in [-0.2, 0) is 4.74 Å². The van der Waals surface area contributed by atoms with Gasteiger partial charge in [0.25, 0.3) is 0 Å². The van der Waals surface area contributed by atoms with Gasteiger partial charge >= 0.3 is 0 Å². The molecular formula is C18H20N4O3. The van der Waals surface area contributed by atoms with Crippen LogP contribution in [0.3, 0.4) is 0 Å². The molecule has 1 aliphatic rings. The Labute approximate surface area is 145 Å². The molecule has 2 N–H and O–H groups in total. The minimum Gasteiger partial charge on any atom is -0.504 e. The maximum absolute atomic E-state index is 9.85. The van der Waals surface area contributed by atoms with Gasteiger partial charge in [-0.1, -0.05) is 0 Å². The number of fused-ring (bicyclic) bond motifs is 1. The van der Waals surface area contributed by atoms with Gasteiger partial charge in [-0.15, -0.1) is 0 Å². The average molecular weight is 340 g/mol. The van der Waals surface area contributed by atoms with Crippen molar-refractivity contribution in [3.8, 4) is 22.8 Å². The molecular weight excluding hydrogens is 320 g/mol. The molecule has 0 radical (unpaired) electrons. The van der Waals surface area contributed by atoms with E-state index in [4.69, 9.17) is 14.5 Å². The molecule has 1 saturated heterocycles. The van der Waals surface area contributed by atoms with Gasteiger partial charge in [-0.05, 0) is 31.0 Å². The Hall–Kier alpha value is -2.80. The van der Waals surface area contributed by atoms with Gasteiger partial charge < -0.3 is 19.9 Å². The van der Waals surface area contributed by atoms with Crippen LogP contribution in [0, 0.1) is 0 Å². The summed E-state index contributed by atoms with van der Waals surface area (Å²) in [6.07, 6.45) is 7.71. The van der Waals surface area contributed by atoms with Gasteiger partial charge in [0.2, 0.25) is 0 Å². The summed E-state index contributed by atoms with van der Waals surface area (Å²) in [6, 6.07) is 5.21. The quantitative estimate of drug-likeness (QED) is 0.743. The Kier molecular flexibility index (Phi) is 4.15. The number of aromatic hydroxyl groups is 1. The monoisotopic (exact) mass is 340 g/mol. The van der Waals surface area contributed by atoms with Crippen LogP contribution >= 0.6 is 0 Å². The Morgan fingerprint density at radius 1 is 1.44 bits per heavy atom. The predicted molar refractivity (Wildman–Crippen MR) is 94.1 cm³/mol. The van der Waals surface area contributed by atoms with E-state index in [1.165, 1.54) is 7.11 Å². The van der Waals surface area contributed by atoms with E-state index >= 15 is 0 Å². The topological polar surface area (TPSA) is 80.9 Å². The third-order valence-electron chi connectivity index (χ3n) is 4.40. The first kappa shape index (κ1) is 15.7. The predicted octanol–water partition coefficient (Wildman–Crippen LogP) is 2.70. The second-order valence-electron chi connectivity index (χ2n) is 6.02. The van der Waals surface area contributed by atoms with Crippen molar-refractivity contribution in [2.24, 2.45) is 0 Å². The molecule has 0 amide bonds. The minimum absolute atomic E-state index is 0.102. The Balaban J connectivity index is 1.75. The first-order chi connectivity index (χ1) is 12.3. The third-order valence-corrected chi connectivity index (χ3v) is 4.40. The summed E-state index contributed by atoms with van der Waals surface area (Å²) in [5.74, 6) is 1.39. The zero-order valence-corrected chi connectivity index (χ0v) is 14.0. The number of nitrogens with one attached hydrogen (secondary N) is 1. The van der Waals surface area contributed by atoms with Gasteiger partial charge in [0.15, 0.2) is 17.1 Å². The average Bonchev–Trinajstić information content (AvgIpc) is 3.28. The van der Waals surface area contributed by atoms with Crippen molar-refractivity contribution in [1.29, 1.82) is 0 Å². The van der Waals surface area contributed by atoms with E-state index in [-0.39, 0.29) is 11.9 Å². The fourth-order valence-corrected chi connectivity index (χ4v) is 3.12. The molecule has 130 valence electrons. The van der Waals surface area contributed by atoms with Crippen LogP contribution in [0.1, 0.15) is 12.8 Å². The number of benzene rings is 1. The molecule has 3 aromatic rings. The number of rotatable bonds is 5. The lowest BCUT2D eigenvalue weighted by Crippen LogP contribution is -2.19. The number of ether oxygens (including phenoxy) is 2. The van der Waals surface area contributed by atoms with Crippen molar-refractivity contribution in [3.63, 3.8) is 0 Å². The molecule has 3 heterocycles. The normalized spacial score (nSPS) is 17.1. The molecule has 0 aliphatic carbocycles. The molecule has 0 spiro atoms. The fraction of sp³-hybridized carbons (Fsp3) is 0.333. The summed E-state index contributed by atoms with van der Waals surface area (Å²) >= 11 is 0. The highest BCUT2D eigenvalue weighted by Gasteiger charge is 2.19. The number of imidazole rings is 1. The standard InChI is InChI=1S/C18H20N4O3/c1-24-15-9-12(4-5-14(15)23)17-18(20-10-13-3-2-8-25-13)22-7-6-19-11-16(22)21-17/h4-7,9,11,13,20,23H,2-3,8,10H2,1H3. The molecule has 4 rings (SSSR count). The Morgan fingerprint density at radius 3 is 3.16 bits per heavy atom. The van der Waals surface area contributed by atoms with E-state index in [2.05, 4.69) is 10.3 Å². The second kappa shape index (κ2) is 6.60. The van der Waals surface area contributed by atoms with Crippen molar-refractivity contribution in [2.45, 2.75) is 18.9 Å². The van der Waals surface area contributed by atoms with E-state index in [0.29, 0.717) is 5.75 Å². The smallest absolute Gasteiger partial charge is 0.161 e. The van der Waals surface area contributed by atoms with Crippen LogP contribution in [0.5, 0.6) is 11.5 Å². The lowest BCUT2D eigenvalue weighted by atomic mass is 10.1. The highest BCUT2D eigenvalue weighted by Crippen LogP contribution is 2.35. The highest BCUT2D eigenvalue weighted by molar-refractivity contribution is 5.77. The summed E-state index contributed by atoms with van der Waals surface area (Å²) in [7, 11) is 1.53. The molecule has 2 aromatic heterocycles. The van der Waals surface area contributed by atoms with E-state index in [9.17, 15) is 5.11 Å². The molecule has 1 unspecified atom stereocenters. The summed E-state index contributed by atoms with van der Waals surface area (Å²) in [5.41, 5.74) is 2.39. The zero-order chi connectivity index (χ0) is 17.2. The summed E-state index contributed by atoms with van der Waals surface area (Å²) in [4.78, 5) is 8.84. The van der Waals surface area contributed by atoms with Crippen LogP contribution in [0.4, 0.5) is 5.82 Å². The molecule has 7 heteroatoms. The largest absolute Gasteiger partial charge is 0.504 e. The first-order valence-electron chi connectivity index (χ1n) is 8.31. The number of aromatic nitrogens is 3. The van der Waals surface area contributed by atoms with Gasteiger partial charge in [0.1, 0.15) is 11.5 Å². The fourth-order valence-electron chi connectivity index (χ4n) is 3.12. The maximum Gasteiger partial charge on any atom is 0.161 e. The van der Waals surface area contributed by atoms with Gasteiger partial charge in [-0.3, -0.25) is 9.38 Å². The molecule has 0 saturated carbocycles. The van der Waals surface area contributed by atoms with E-state index in [0.717, 1.165) is 48.7 Å². The first-order valence-corrected chi connectivity index (χ1v) is 8.31. The molecule has 0 bridgehead atoms. The van der Waals surface area contributed by atoms with E-state index in [1.807, 2.05) is 16.7 Å². The third kappa shape index (κ3) is 2.98. The van der Waals surface area contributed by atoms with Crippen LogP contribution in [0.2, 0.25) is 0 Å².